The summed E-state index contributed by atoms with van der Waals surface area (Å²) in [6.45, 7) is 5.26. The number of hydrogen-bond acceptors (Lipinski definition) is 6. The molecule has 188 valence electrons. The summed E-state index contributed by atoms with van der Waals surface area (Å²) in [5, 5.41) is 13.9. The first-order chi connectivity index (χ1) is 16.8. The Hall–Kier alpha value is -3.01. The van der Waals surface area contributed by atoms with Crippen LogP contribution in [-0.4, -0.2) is 67.5 Å². The van der Waals surface area contributed by atoms with Crippen LogP contribution in [0, 0.1) is 0 Å². The summed E-state index contributed by atoms with van der Waals surface area (Å²) < 4.78 is 11.4. The molecule has 9 nitrogen and oxygen atoms in total. The van der Waals surface area contributed by atoms with Crippen LogP contribution in [0.25, 0.3) is 0 Å². The minimum Gasteiger partial charge on any atom is -0.491 e. The van der Waals surface area contributed by atoms with Gasteiger partial charge >= 0.3 is 6.03 Å². The number of aliphatic hydroxyl groups is 1. The van der Waals surface area contributed by atoms with E-state index >= 15 is 0 Å². The summed E-state index contributed by atoms with van der Waals surface area (Å²) in [6.07, 6.45) is -0.116. The molecule has 0 unspecified atom stereocenters. The first-order valence-corrected chi connectivity index (χ1v) is 12.1. The van der Waals surface area contributed by atoms with Gasteiger partial charge in [0.1, 0.15) is 5.75 Å². The molecule has 2 aromatic rings. The highest BCUT2D eigenvalue weighted by Gasteiger charge is 2.54. The lowest BCUT2D eigenvalue weighted by Crippen LogP contribution is -2.54. The second-order valence-electron chi connectivity index (χ2n) is 8.76. The Kier molecular flexibility index (Phi) is 7.69. The van der Waals surface area contributed by atoms with E-state index in [-0.39, 0.29) is 13.0 Å². The number of ether oxygens (including phenoxy) is 2. The van der Waals surface area contributed by atoms with Gasteiger partial charge in [-0.3, -0.25) is 4.79 Å². The Labute approximate surface area is 209 Å². The zero-order chi connectivity index (χ0) is 25.0. The van der Waals surface area contributed by atoms with Gasteiger partial charge in [0.2, 0.25) is 0 Å². The zero-order valence-electron chi connectivity index (χ0n) is 19.7. The largest absolute Gasteiger partial charge is 0.491 e. The topological polar surface area (TPSA) is 117 Å². The number of rotatable bonds is 7. The molecule has 2 aliphatic heterocycles. The van der Waals surface area contributed by atoms with Gasteiger partial charge in [0, 0.05) is 42.8 Å². The first kappa shape index (κ1) is 25.1. The maximum absolute atomic E-state index is 13.9. The summed E-state index contributed by atoms with van der Waals surface area (Å²) in [6, 6.07) is 11.5. The Bertz CT molecular complexity index is 1060. The van der Waals surface area contributed by atoms with Crippen molar-refractivity contribution in [1.82, 2.24) is 4.90 Å². The first-order valence-electron chi connectivity index (χ1n) is 11.8. The molecule has 4 rings (SSSR count). The number of hydrogen-bond donors (Lipinski definition) is 3. The van der Waals surface area contributed by atoms with Gasteiger partial charge in [-0.1, -0.05) is 30.7 Å². The normalized spacial score (nSPS) is 22.2. The monoisotopic (exact) mass is 502 g/mol. The van der Waals surface area contributed by atoms with Gasteiger partial charge in [-0.25, -0.2) is 4.79 Å². The van der Waals surface area contributed by atoms with E-state index in [9.17, 15) is 14.7 Å². The highest BCUT2D eigenvalue weighted by molar-refractivity contribution is 6.30. The Morgan fingerprint density at radius 3 is 2.60 bits per heavy atom. The fraction of sp³-hybridized carbons (Fsp3) is 0.440. The molecule has 2 aliphatic rings. The van der Waals surface area contributed by atoms with Crippen LogP contribution in [-0.2, 0) is 15.1 Å². The van der Waals surface area contributed by atoms with Gasteiger partial charge in [0.05, 0.1) is 31.6 Å². The Balaban J connectivity index is 1.70. The van der Waals surface area contributed by atoms with Crippen LogP contribution in [0.2, 0.25) is 5.02 Å². The average molecular weight is 503 g/mol. The maximum atomic E-state index is 13.9. The number of likely N-dealkylation sites (tertiary alicyclic amines) is 1. The highest BCUT2D eigenvalue weighted by atomic mass is 35.5. The number of anilines is 2. The van der Waals surface area contributed by atoms with Crippen molar-refractivity contribution in [2.75, 3.05) is 49.7 Å². The van der Waals surface area contributed by atoms with E-state index in [0.29, 0.717) is 41.8 Å². The molecule has 0 radical (unpaired) electrons. The van der Waals surface area contributed by atoms with Crippen LogP contribution < -0.4 is 20.7 Å². The van der Waals surface area contributed by atoms with Gasteiger partial charge in [0.25, 0.3) is 5.91 Å². The predicted octanol–water partition coefficient (Wildman–Crippen LogP) is 2.94. The molecule has 2 heterocycles. The Morgan fingerprint density at radius 2 is 1.94 bits per heavy atom. The number of nitrogens with two attached hydrogens (primary N) is 1. The standard InChI is InChI=1S/C25H31ClN4O5/c1-2-11-35-22-14-19(29-9-12-34-13-10-29)7-8-21(22)28-23(32)25(17-3-5-18(26)6-4-17)15-20(31)16-30(25)24(27)33/h3-8,14,20,31H,2,9-13,15-16H2,1H3,(H2,27,33)(H,28,32)/t20-,25-/m1/s1. The molecular weight excluding hydrogens is 472 g/mol. The molecule has 0 saturated carbocycles. The lowest BCUT2D eigenvalue weighted by molar-refractivity contribution is -0.125. The average Bonchev–Trinajstić information content (AvgIpc) is 3.23. The zero-order valence-corrected chi connectivity index (χ0v) is 20.5. The number of benzene rings is 2. The number of aliphatic hydroxyl groups excluding tert-OH is 1. The van der Waals surface area contributed by atoms with Gasteiger partial charge in [-0.15, -0.1) is 0 Å². The number of halogens is 1. The van der Waals surface area contributed by atoms with Gasteiger partial charge in [0.15, 0.2) is 5.54 Å². The fourth-order valence-corrected chi connectivity index (χ4v) is 4.82. The van der Waals surface area contributed by atoms with Crippen molar-refractivity contribution < 1.29 is 24.2 Å². The van der Waals surface area contributed by atoms with Crippen molar-refractivity contribution in [2.45, 2.75) is 31.4 Å². The van der Waals surface area contributed by atoms with Crippen molar-refractivity contribution in [3.63, 3.8) is 0 Å². The molecule has 35 heavy (non-hydrogen) atoms. The minimum absolute atomic E-state index is 0.000414. The molecule has 0 bridgehead atoms. The SMILES string of the molecule is CCCOc1cc(N2CCOCC2)ccc1NC(=O)[C@]1(c2ccc(Cl)cc2)C[C@@H](O)CN1C(N)=O. The smallest absolute Gasteiger partial charge is 0.316 e. The van der Waals surface area contributed by atoms with Gasteiger partial charge in [-0.2, -0.15) is 0 Å². The maximum Gasteiger partial charge on any atom is 0.316 e. The lowest BCUT2D eigenvalue weighted by atomic mass is 9.85. The number of carbonyl (C=O) groups excluding carboxylic acids is 2. The van der Waals surface area contributed by atoms with Crippen molar-refractivity contribution in [1.29, 1.82) is 0 Å². The lowest BCUT2D eigenvalue weighted by Gasteiger charge is -2.36. The number of carbonyl (C=O) groups is 2. The van der Waals surface area contributed by atoms with Crippen LogP contribution in [0.5, 0.6) is 5.75 Å². The van der Waals surface area contributed by atoms with E-state index in [1.165, 1.54) is 4.90 Å². The summed E-state index contributed by atoms with van der Waals surface area (Å²) >= 11 is 6.07. The number of primary amides is 1. The minimum atomic E-state index is -1.50. The molecular formula is C25H31ClN4O5. The predicted molar refractivity (Wildman–Crippen MR) is 134 cm³/mol. The summed E-state index contributed by atoms with van der Waals surface area (Å²) in [5.41, 5.74) is 6.12. The van der Waals surface area contributed by atoms with Crippen molar-refractivity contribution >= 4 is 34.9 Å². The van der Waals surface area contributed by atoms with E-state index in [0.717, 1.165) is 25.2 Å². The van der Waals surface area contributed by atoms with Crippen molar-refractivity contribution in [3.8, 4) is 5.75 Å². The van der Waals surface area contributed by atoms with Gasteiger partial charge < -0.3 is 35.4 Å². The molecule has 0 spiro atoms. The number of amides is 3. The second kappa shape index (κ2) is 10.7. The van der Waals surface area contributed by atoms with E-state index in [2.05, 4.69) is 10.2 Å². The van der Waals surface area contributed by atoms with E-state index in [4.69, 9.17) is 26.8 Å². The Morgan fingerprint density at radius 1 is 1.23 bits per heavy atom. The second-order valence-corrected chi connectivity index (χ2v) is 9.19. The quantitative estimate of drug-likeness (QED) is 0.536. The number of morpholine rings is 1. The fourth-order valence-electron chi connectivity index (χ4n) is 4.70. The van der Waals surface area contributed by atoms with Crippen molar-refractivity contribution in [2.24, 2.45) is 5.73 Å². The third kappa shape index (κ3) is 5.17. The van der Waals surface area contributed by atoms with Crippen molar-refractivity contribution in [3.05, 3.63) is 53.1 Å². The molecule has 2 fully saturated rings. The molecule has 2 saturated heterocycles. The van der Waals surface area contributed by atoms with Crippen LogP contribution in [0.1, 0.15) is 25.3 Å². The van der Waals surface area contributed by atoms with Crippen LogP contribution in [0.3, 0.4) is 0 Å². The van der Waals surface area contributed by atoms with Gasteiger partial charge in [-0.05, 0) is 36.2 Å². The molecule has 2 atom stereocenters. The van der Waals surface area contributed by atoms with E-state index in [1.54, 1.807) is 30.3 Å². The summed E-state index contributed by atoms with van der Waals surface area (Å²) in [5.74, 6) is 0.0373. The molecule has 3 amide bonds. The molecule has 2 aromatic carbocycles. The molecule has 10 heteroatoms. The summed E-state index contributed by atoms with van der Waals surface area (Å²) in [4.78, 5) is 29.7. The molecule has 0 aliphatic carbocycles. The summed E-state index contributed by atoms with van der Waals surface area (Å²) in [7, 11) is 0. The molecule has 4 N–H and O–H groups in total. The number of nitrogens with zero attached hydrogens (tertiary/aromatic N) is 2. The number of nitrogens with one attached hydrogen (secondary N) is 1. The van der Waals surface area contributed by atoms with Crippen LogP contribution >= 0.6 is 11.6 Å². The third-order valence-electron chi connectivity index (χ3n) is 6.40. The number of β-amino-alcohol motifs (C(OH)–C–C–N with tert-alkyl or cyclic N) is 1. The number of urea groups is 1. The van der Waals surface area contributed by atoms with E-state index in [1.807, 2.05) is 19.1 Å². The molecule has 0 aromatic heterocycles. The highest BCUT2D eigenvalue weighted by Crippen LogP contribution is 2.41. The van der Waals surface area contributed by atoms with Crippen LogP contribution in [0.15, 0.2) is 42.5 Å². The van der Waals surface area contributed by atoms with E-state index < -0.39 is 23.6 Å². The third-order valence-corrected chi connectivity index (χ3v) is 6.65. The van der Waals surface area contributed by atoms with Crippen LogP contribution in [0.4, 0.5) is 16.2 Å².